The molecule has 0 bridgehead atoms. The fourth-order valence-corrected chi connectivity index (χ4v) is 0.983. The Morgan fingerprint density at radius 3 is 2.62 bits per heavy atom. The molecular formula is C9H9FO3. The predicted molar refractivity (Wildman–Crippen MR) is 44.6 cm³/mol. The van der Waals surface area contributed by atoms with Crippen molar-refractivity contribution in [2.45, 2.75) is 6.92 Å². The van der Waals surface area contributed by atoms with Gasteiger partial charge in [0.2, 0.25) is 0 Å². The number of carbonyl (C=O) groups excluding carboxylic acids is 1. The Kier molecular flexibility index (Phi) is 2.51. The van der Waals surface area contributed by atoms with Crippen molar-refractivity contribution in [3.8, 4) is 11.5 Å². The van der Waals surface area contributed by atoms with E-state index in [-0.39, 0.29) is 11.3 Å². The van der Waals surface area contributed by atoms with Gasteiger partial charge in [0.1, 0.15) is 0 Å². The van der Waals surface area contributed by atoms with Crippen molar-refractivity contribution in [3.05, 3.63) is 23.5 Å². The lowest BCUT2D eigenvalue weighted by Crippen LogP contribution is -1.98. The van der Waals surface area contributed by atoms with Crippen LogP contribution in [0.3, 0.4) is 0 Å². The predicted octanol–water partition coefficient (Wildman–Crippen LogP) is 1.74. The first kappa shape index (κ1) is 9.51. The highest BCUT2D eigenvalue weighted by molar-refractivity contribution is 5.95. The number of benzene rings is 1. The number of aromatic hydroxyl groups is 1. The maximum absolute atomic E-state index is 13.1. The quantitative estimate of drug-likeness (QED) is 0.712. The molecule has 1 N–H and O–H groups in total. The molecule has 0 heterocycles. The second-order valence-electron chi connectivity index (χ2n) is 2.53. The highest BCUT2D eigenvalue weighted by Gasteiger charge is 2.15. The highest BCUT2D eigenvalue weighted by atomic mass is 19.1. The fourth-order valence-electron chi connectivity index (χ4n) is 0.983. The zero-order valence-electron chi connectivity index (χ0n) is 7.30. The Balaban J connectivity index is 3.31. The van der Waals surface area contributed by atoms with E-state index in [1.807, 2.05) is 0 Å². The largest absolute Gasteiger partial charge is 0.502 e. The zero-order valence-corrected chi connectivity index (χ0v) is 7.30. The van der Waals surface area contributed by atoms with E-state index in [1.165, 1.54) is 26.2 Å². The van der Waals surface area contributed by atoms with Gasteiger partial charge in [0.05, 0.1) is 12.7 Å². The lowest BCUT2D eigenvalue weighted by Gasteiger charge is -2.05. The van der Waals surface area contributed by atoms with Gasteiger partial charge in [-0.25, -0.2) is 4.39 Å². The van der Waals surface area contributed by atoms with E-state index in [9.17, 15) is 14.3 Å². The van der Waals surface area contributed by atoms with Gasteiger partial charge in [-0.3, -0.25) is 4.79 Å². The summed E-state index contributed by atoms with van der Waals surface area (Å²) in [6, 6.07) is 2.62. The number of rotatable bonds is 2. The zero-order chi connectivity index (χ0) is 10.0. The fraction of sp³-hybridized carbons (Fsp3) is 0.222. The number of hydrogen-bond acceptors (Lipinski definition) is 3. The Morgan fingerprint density at radius 2 is 2.15 bits per heavy atom. The van der Waals surface area contributed by atoms with Crippen molar-refractivity contribution in [2.24, 2.45) is 0 Å². The van der Waals surface area contributed by atoms with Crippen molar-refractivity contribution >= 4 is 5.78 Å². The molecule has 0 fully saturated rings. The van der Waals surface area contributed by atoms with Crippen LogP contribution in [0, 0.1) is 5.82 Å². The Bertz CT molecular complexity index is 347. The summed E-state index contributed by atoms with van der Waals surface area (Å²) < 4.78 is 17.8. The number of phenolic OH excluding ortho intramolecular Hbond substituents is 1. The van der Waals surface area contributed by atoms with Gasteiger partial charge < -0.3 is 9.84 Å². The van der Waals surface area contributed by atoms with Crippen LogP contribution in [0.4, 0.5) is 4.39 Å². The molecule has 0 saturated heterocycles. The molecule has 0 aliphatic rings. The van der Waals surface area contributed by atoms with Crippen molar-refractivity contribution in [2.75, 3.05) is 7.11 Å². The number of carbonyl (C=O) groups is 1. The van der Waals surface area contributed by atoms with Crippen LogP contribution in [0.15, 0.2) is 12.1 Å². The minimum absolute atomic E-state index is 0.0162. The smallest absolute Gasteiger partial charge is 0.195 e. The first-order chi connectivity index (χ1) is 6.07. The van der Waals surface area contributed by atoms with Crippen molar-refractivity contribution < 1.29 is 19.0 Å². The monoisotopic (exact) mass is 184 g/mol. The highest BCUT2D eigenvalue weighted by Crippen LogP contribution is 2.30. The van der Waals surface area contributed by atoms with Gasteiger partial charge in [0.25, 0.3) is 0 Å². The first-order valence-corrected chi connectivity index (χ1v) is 3.64. The van der Waals surface area contributed by atoms with Gasteiger partial charge >= 0.3 is 0 Å². The van der Waals surface area contributed by atoms with E-state index < -0.39 is 17.3 Å². The van der Waals surface area contributed by atoms with Gasteiger partial charge in [0, 0.05) is 0 Å². The Hall–Kier alpha value is -1.58. The third-order valence-electron chi connectivity index (χ3n) is 1.68. The molecule has 4 heteroatoms. The number of Topliss-reactive ketones (excluding diaryl/α,β-unsaturated/α-hetero) is 1. The summed E-state index contributed by atoms with van der Waals surface area (Å²) in [4.78, 5) is 10.8. The molecule has 3 nitrogen and oxygen atoms in total. The molecule has 1 aromatic rings. The maximum Gasteiger partial charge on any atom is 0.195 e. The van der Waals surface area contributed by atoms with Gasteiger partial charge in [-0.2, -0.15) is 0 Å². The molecule has 0 amide bonds. The topological polar surface area (TPSA) is 46.5 Å². The normalized spacial score (nSPS) is 9.77. The molecule has 0 aliphatic carbocycles. The van der Waals surface area contributed by atoms with E-state index in [4.69, 9.17) is 0 Å². The second-order valence-corrected chi connectivity index (χ2v) is 2.53. The minimum atomic E-state index is -0.938. The summed E-state index contributed by atoms with van der Waals surface area (Å²) in [5, 5.41) is 9.18. The van der Waals surface area contributed by atoms with E-state index in [0.29, 0.717) is 0 Å². The van der Waals surface area contributed by atoms with Crippen LogP contribution in [0.25, 0.3) is 0 Å². The maximum atomic E-state index is 13.1. The number of methoxy groups -OCH3 is 1. The van der Waals surface area contributed by atoms with Gasteiger partial charge in [-0.1, -0.05) is 0 Å². The summed E-state index contributed by atoms with van der Waals surface area (Å²) >= 11 is 0. The van der Waals surface area contributed by atoms with Crippen molar-refractivity contribution in [3.63, 3.8) is 0 Å². The molecular weight excluding hydrogens is 175 g/mol. The average molecular weight is 184 g/mol. The molecule has 0 aromatic heterocycles. The van der Waals surface area contributed by atoms with Crippen LogP contribution in [0.2, 0.25) is 0 Å². The SMILES string of the molecule is COc1ccc(C(C)=O)c(F)c1O. The summed E-state index contributed by atoms with van der Waals surface area (Å²) in [6.45, 7) is 1.23. The van der Waals surface area contributed by atoms with Crippen LogP contribution in [-0.4, -0.2) is 18.0 Å². The van der Waals surface area contributed by atoms with E-state index in [1.54, 1.807) is 0 Å². The molecule has 0 radical (unpaired) electrons. The number of hydrogen-bond donors (Lipinski definition) is 1. The third-order valence-corrected chi connectivity index (χ3v) is 1.68. The number of halogens is 1. The van der Waals surface area contributed by atoms with Crippen molar-refractivity contribution in [1.29, 1.82) is 0 Å². The molecule has 70 valence electrons. The summed E-state index contributed by atoms with van der Waals surface area (Å²) in [5.41, 5.74) is -0.140. The van der Waals surface area contributed by atoms with Gasteiger partial charge in [-0.15, -0.1) is 0 Å². The Morgan fingerprint density at radius 1 is 1.54 bits per heavy atom. The first-order valence-electron chi connectivity index (χ1n) is 3.64. The third kappa shape index (κ3) is 1.61. The second kappa shape index (κ2) is 3.43. The summed E-state index contributed by atoms with van der Waals surface area (Å²) in [6.07, 6.45) is 0. The summed E-state index contributed by atoms with van der Waals surface area (Å²) in [7, 11) is 1.31. The van der Waals surface area contributed by atoms with Crippen LogP contribution < -0.4 is 4.74 Å². The lowest BCUT2D eigenvalue weighted by atomic mass is 10.1. The molecule has 1 rings (SSSR count). The molecule has 0 spiro atoms. The van der Waals surface area contributed by atoms with Crippen LogP contribution in [0.5, 0.6) is 11.5 Å². The van der Waals surface area contributed by atoms with Gasteiger partial charge in [0.15, 0.2) is 23.1 Å². The van der Waals surface area contributed by atoms with E-state index in [2.05, 4.69) is 4.74 Å². The van der Waals surface area contributed by atoms with E-state index in [0.717, 1.165) is 0 Å². The molecule has 1 aromatic carbocycles. The number of phenols is 1. The molecule has 0 aliphatic heterocycles. The van der Waals surface area contributed by atoms with Gasteiger partial charge in [-0.05, 0) is 19.1 Å². The van der Waals surface area contributed by atoms with E-state index >= 15 is 0 Å². The average Bonchev–Trinajstić information content (AvgIpc) is 2.09. The van der Waals surface area contributed by atoms with Crippen molar-refractivity contribution in [1.82, 2.24) is 0 Å². The molecule has 13 heavy (non-hydrogen) atoms. The number of ketones is 1. The number of ether oxygens (including phenoxy) is 1. The lowest BCUT2D eigenvalue weighted by molar-refractivity contribution is 0.101. The molecule has 0 unspecified atom stereocenters. The van der Waals surface area contributed by atoms with Crippen LogP contribution >= 0.6 is 0 Å². The Labute approximate surface area is 74.8 Å². The molecule has 0 atom stereocenters. The van der Waals surface area contributed by atoms with Crippen LogP contribution in [-0.2, 0) is 0 Å². The standard InChI is InChI=1S/C9H9FO3/c1-5(11)6-3-4-7(13-2)9(12)8(6)10/h3-4,12H,1-2H3. The molecule has 0 saturated carbocycles. The summed E-state index contributed by atoms with van der Waals surface area (Å²) in [5.74, 6) is -1.99. The minimum Gasteiger partial charge on any atom is -0.502 e. The van der Waals surface area contributed by atoms with Crippen LogP contribution in [0.1, 0.15) is 17.3 Å².